The Bertz CT molecular complexity index is 1390. The average Bonchev–Trinajstić information content (AvgIpc) is 3.28. The number of nitrogens with two attached hydrogens (primary N) is 1. The molecule has 10 heteroatoms. The standard InChI is InChI=1S/C20H23N7O3/c1-12-6-8-13(9-7-12)14-11-27-16-17(24(2)20(30)25(3)18(16)29)22-19(27)26(14)10-4-5-15(28)23-21/h6-9,11H,4-5,10,21H2,1-3H3,(H,23,28). The molecule has 4 aromatic rings. The number of carbonyl (C=O) groups excluding carboxylic acids is 1. The Morgan fingerprint density at radius 3 is 2.50 bits per heavy atom. The summed E-state index contributed by atoms with van der Waals surface area (Å²) >= 11 is 0. The van der Waals surface area contributed by atoms with E-state index in [0.29, 0.717) is 29.9 Å². The smallest absolute Gasteiger partial charge is 0.310 e. The first-order chi connectivity index (χ1) is 14.3. The van der Waals surface area contributed by atoms with Crippen molar-refractivity contribution in [2.75, 3.05) is 0 Å². The van der Waals surface area contributed by atoms with Crippen LogP contribution >= 0.6 is 0 Å². The van der Waals surface area contributed by atoms with Crippen molar-refractivity contribution in [3.63, 3.8) is 0 Å². The lowest BCUT2D eigenvalue weighted by Gasteiger charge is -2.09. The van der Waals surface area contributed by atoms with E-state index < -0.39 is 11.2 Å². The lowest BCUT2D eigenvalue weighted by Crippen LogP contribution is -2.37. The quantitative estimate of drug-likeness (QED) is 0.281. The number of rotatable bonds is 5. The van der Waals surface area contributed by atoms with E-state index in [1.807, 2.05) is 42.0 Å². The number of aryl methyl sites for hydroxylation is 3. The number of hydrogen-bond acceptors (Lipinski definition) is 5. The Morgan fingerprint density at radius 1 is 1.13 bits per heavy atom. The number of aromatic nitrogens is 5. The summed E-state index contributed by atoms with van der Waals surface area (Å²) in [6, 6.07) is 8.03. The third-order valence-electron chi connectivity index (χ3n) is 5.35. The fraction of sp³-hybridized carbons (Fsp3) is 0.300. The first-order valence-electron chi connectivity index (χ1n) is 9.57. The monoisotopic (exact) mass is 409 g/mol. The first kappa shape index (κ1) is 19.6. The van der Waals surface area contributed by atoms with Crippen molar-refractivity contribution in [2.45, 2.75) is 26.3 Å². The van der Waals surface area contributed by atoms with Crippen molar-refractivity contribution in [3.05, 3.63) is 56.9 Å². The normalized spacial score (nSPS) is 11.5. The molecule has 3 heterocycles. The minimum Gasteiger partial charge on any atom is -0.310 e. The lowest BCUT2D eigenvalue weighted by molar-refractivity contribution is -0.121. The number of nitrogens with zero attached hydrogens (tertiary/aromatic N) is 5. The fourth-order valence-electron chi connectivity index (χ4n) is 3.66. The largest absolute Gasteiger partial charge is 0.332 e. The van der Waals surface area contributed by atoms with Crippen molar-refractivity contribution in [2.24, 2.45) is 19.9 Å². The molecule has 0 saturated carbocycles. The molecule has 0 aliphatic carbocycles. The zero-order chi connectivity index (χ0) is 21.6. The van der Waals surface area contributed by atoms with Gasteiger partial charge in [-0.1, -0.05) is 29.8 Å². The summed E-state index contributed by atoms with van der Waals surface area (Å²) in [4.78, 5) is 41.3. The van der Waals surface area contributed by atoms with Crippen LogP contribution in [-0.4, -0.2) is 29.0 Å². The summed E-state index contributed by atoms with van der Waals surface area (Å²) in [6.45, 7) is 2.50. The molecule has 3 N–H and O–H groups in total. The van der Waals surface area contributed by atoms with Gasteiger partial charge in [0.25, 0.3) is 5.56 Å². The molecule has 30 heavy (non-hydrogen) atoms. The molecule has 0 fully saturated rings. The SMILES string of the molecule is Cc1ccc(-c2cn3c4c(=O)n(C)c(=O)n(C)c4nc3n2CCCC(=O)NN)cc1. The van der Waals surface area contributed by atoms with Crippen molar-refractivity contribution in [1.29, 1.82) is 0 Å². The van der Waals surface area contributed by atoms with E-state index in [1.165, 1.54) is 11.6 Å². The topological polar surface area (TPSA) is 121 Å². The maximum atomic E-state index is 12.8. The molecule has 10 nitrogen and oxygen atoms in total. The van der Waals surface area contributed by atoms with Crippen molar-refractivity contribution in [3.8, 4) is 11.3 Å². The van der Waals surface area contributed by atoms with Crippen LogP contribution in [0.4, 0.5) is 0 Å². The molecule has 0 bridgehead atoms. The zero-order valence-electron chi connectivity index (χ0n) is 17.0. The molecule has 0 radical (unpaired) electrons. The molecule has 0 atom stereocenters. The van der Waals surface area contributed by atoms with Crippen LogP contribution in [0.2, 0.25) is 0 Å². The third kappa shape index (κ3) is 3.01. The van der Waals surface area contributed by atoms with Gasteiger partial charge < -0.3 is 4.57 Å². The molecule has 0 aliphatic rings. The molecule has 1 amide bonds. The number of benzene rings is 1. The van der Waals surface area contributed by atoms with Gasteiger partial charge in [-0.2, -0.15) is 4.98 Å². The van der Waals surface area contributed by atoms with Crippen LogP contribution in [0, 0.1) is 6.92 Å². The molecule has 0 spiro atoms. The van der Waals surface area contributed by atoms with Gasteiger partial charge in [0.15, 0.2) is 11.2 Å². The second-order valence-corrected chi connectivity index (χ2v) is 7.36. The van der Waals surface area contributed by atoms with Gasteiger partial charge in [-0.3, -0.25) is 28.5 Å². The summed E-state index contributed by atoms with van der Waals surface area (Å²) in [6.07, 6.45) is 2.64. The highest BCUT2D eigenvalue weighted by Gasteiger charge is 2.20. The van der Waals surface area contributed by atoms with Gasteiger partial charge >= 0.3 is 5.69 Å². The Morgan fingerprint density at radius 2 is 1.83 bits per heavy atom. The summed E-state index contributed by atoms with van der Waals surface area (Å²) in [5, 5.41) is 0. The van der Waals surface area contributed by atoms with Crippen molar-refractivity contribution < 1.29 is 4.79 Å². The van der Waals surface area contributed by atoms with Gasteiger partial charge in [-0.15, -0.1) is 0 Å². The molecule has 4 rings (SSSR count). The van der Waals surface area contributed by atoms with E-state index in [-0.39, 0.29) is 12.3 Å². The number of hydrazine groups is 1. The maximum Gasteiger partial charge on any atom is 0.332 e. The molecular formula is C20H23N7O3. The van der Waals surface area contributed by atoms with E-state index in [9.17, 15) is 14.4 Å². The number of carbonyl (C=O) groups is 1. The van der Waals surface area contributed by atoms with Crippen LogP contribution in [0.1, 0.15) is 18.4 Å². The van der Waals surface area contributed by atoms with Crippen molar-refractivity contribution in [1.82, 2.24) is 28.5 Å². The number of fused-ring (bicyclic) bond motifs is 3. The summed E-state index contributed by atoms with van der Waals surface area (Å²) in [7, 11) is 3.04. The van der Waals surface area contributed by atoms with E-state index >= 15 is 0 Å². The molecule has 3 aromatic heterocycles. The fourth-order valence-corrected chi connectivity index (χ4v) is 3.66. The zero-order valence-corrected chi connectivity index (χ0v) is 17.0. The number of imidazole rings is 2. The number of nitrogens with one attached hydrogen (secondary N) is 1. The van der Waals surface area contributed by atoms with Gasteiger partial charge in [-0.25, -0.2) is 10.6 Å². The van der Waals surface area contributed by atoms with Gasteiger partial charge in [-0.05, 0) is 18.9 Å². The predicted octanol–water partition coefficient (Wildman–Crippen LogP) is 0.432. The summed E-state index contributed by atoms with van der Waals surface area (Å²) < 4.78 is 6.11. The van der Waals surface area contributed by atoms with E-state index in [4.69, 9.17) is 5.84 Å². The van der Waals surface area contributed by atoms with Crippen LogP contribution in [0.15, 0.2) is 40.1 Å². The van der Waals surface area contributed by atoms with E-state index in [0.717, 1.165) is 21.4 Å². The Balaban J connectivity index is 1.96. The van der Waals surface area contributed by atoms with Gasteiger partial charge in [0.05, 0.1) is 5.69 Å². The van der Waals surface area contributed by atoms with Gasteiger partial charge in [0.2, 0.25) is 11.7 Å². The maximum absolute atomic E-state index is 12.8. The number of hydrogen-bond donors (Lipinski definition) is 2. The molecule has 0 unspecified atom stereocenters. The minimum atomic E-state index is -0.432. The minimum absolute atomic E-state index is 0.250. The molecule has 1 aromatic carbocycles. The molecular weight excluding hydrogens is 386 g/mol. The molecule has 0 aliphatic heterocycles. The van der Waals surface area contributed by atoms with E-state index in [2.05, 4.69) is 10.4 Å². The van der Waals surface area contributed by atoms with Crippen LogP contribution in [0.25, 0.3) is 28.2 Å². The highest BCUT2D eigenvalue weighted by atomic mass is 16.2. The highest BCUT2D eigenvalue weighted by molar-refractivity contribution is 5.78. The molecule has 156 valence electrons. The Labute approximate surface area is 171 Å². The Hall–Kier alpha value is -3.66. The van der Waals surface area contributed by atoms with Crippen LogP contribution in [0.3, 0.4) is 0 Å². The highest BCUT2D eigenvalue weighted by Crippen LogP contribution is 2.26. The Kier molecular flexibility index (Phi) is 4.78. The number of amides is 1. The predicted molar refractivity (Wildman–Crippen MR) is 113 cm³/mol. The van der Waals surface area contributed by atoms with Crippen LogP contribution < -0.4 is 22.5 Å². The summed E-state index contributed by atoms with van der Waals surface area (Å²) in [5.41, 5.74) is 4.91. The lowest BCUT2D eigenvalue weighted by atomic mass is 10.1. The van der Waals surface area contributed by atoms with E-state index in [1.54, 1.807) is 11.4 Å². The van der Waals surface area contributed by atoms with Crippen LogP contribution in [0.5, 0.6) is 0 Å². The third-order valence-corrected chi connectivity index (χ3v) is 5.35. The van der Waals surface area contributed by atoms with Gasteiger partial charge in [0, 0.05) is 33.3 Å². The first-order valence-corrected chi connectivity index (χ1v) is 9.57. The average molecular weight is 409 g/mol. The van der Waals surface area contributed by atoms with Crippen molar-refractivity contribution >= 4 is 22.8 Å². The summed E-state index contributed by atoms with van der Waals surface area (Å²) in [5.74, 6) is 5.46. The molecule has 0 saturated heterocycles. The van der Waals surface area contributed by atoms with Gasteiger partial charge in [0.1, 0.15) is 0 Å². The van der Waals surface area contributed by atoms with Crippen LogP contribution in [-0.2, 0) is 25.4 Å². The second-order valence-electron chi connectivity index (χ2n) is 7.36. The second kappa shape index (κ2) is 7.30.